The van der Waals surface area contributed by atoms with E-state index in [1.54, 1.807) is 4.90 Å². The Hall–Kier alpha value is -0.920. The van der Waals surface area contributed by atoms with Crippen LogP contribution in [0.5, 0.6) is 0 Å². The van der Waals surface area contributed by atoms with Crippen LogP contribution >= 0.6 is 12.2 Å². The van der Waals surface area contributed by atoms with E-state index in [0.29, 0.717) is 37.9 Å². The Morgan fingerprint density at radius 3 is 2.94 bits per heavy atom. The van der Waals surface area contributed by atoms with Crippen molar-refractivity contribution in [2.45, 2.75) is 18.6 Å². The van der Waals surface area contributed by atoms with Crippen LogP contribution in [0.25, 0.3) is 0 Å². The maximum absolute atomic E-state index is 11.9. The fourth-order valence-electron chi connectivity index (χ4n) is 1.92. The molecule has 3 N–H and O–H groups in total. The number of carbonyl (C=O) groups excluding carboxylic acids is 1. The molecule has 2 aliphatic rings. The number of ether oxygens (including phenoxy) is 2. The number of morpholine rings is 1. The van der Waals surface area contributed by atoms with Crippen molar-refractivity contribution in [2.24, 2.45) is 5.73 Å². The molecule has 0 saturated carbocycles. The lowest BCUT2D eigenvalue weighted by Gasteiger charge is -2.33. The van der Waals surface area contributed by atoms with Gasteiger partial charge in [0.05, 0.1) is 25.8 Å². The van der Waals surface area contributed by atoms with E-state index in [1.807, 2.05) is 0 Å². The molecule has 2 rings (SSSR count). The molecular formula is C10H17N3O3S. The molecule has 2 aliphatic heterocycles. The fraction of sp³-hybridized carbons (Fsp3) is 0.800. The molecule has 0 aliphatic carbocycles. The minimum atomic E-state index is -0.329. The van der Waals surface area contributed by atoms with E-state index in [9.17, 15) is 4.79 Å². The van der Waals surface area contributed by atoms with Crippen LogP contribution < -0.4 is 11.1 Å². The third kappa shape index (κ3) is 3.27. The minimum Gasteiger partial charge on any atom is -0.391 e. The summed E-state index contributed by atoms with van der Waals surface area (Å²) in [6.07, 6.45) is 0.541. The molecule has 7 heteroatoms. The van der Waals surface area contributed by atoms with Crippen molar-refractivity contribution < 1.29 is 14.3 Å². The van der Waals surface area contributed by atoms with E-state index < -0.39 is 0 Å². The molecule has 0 radical (unpaired) electrons. The summed E-state index contributed by atoms with van der Waals surface area (Å²) in [5, 5.41) is 2.93. The van der Waals surface area contributed by atoms with Gasteiger partial charge in [-0.15, -0.1) is 0 Å². The summed E-state index contributed by atoms with van der Waals surface area (Å²) in [7, 11) is 0. The number of urea groups is 1. The first-order chi connectivity index (χ1) is 8.16. The molecule has 0 aromatic rings. The lowest BCUT2D eigenvalue weighted by Crippen LogP contribution is -2.54. The Morgan fingerprint density at radius 1 is 1.47 bits per heavy atom. The first-order valence-electron chi connectivity index (χ1n) is 5.71. The Balaban J connectivity index is 1.83. The molecule has 0 aromatic heterocycles. The van der Waals surface area contributed by atoms with Gasteiger partial charge in [0, 0.05) is 13.2 Å². The number of nitrogens with one attached hydrogen (secondary N) is 1. The zero-order valence-electron chi connectivity index (χ0n) is 9.55. The highest BCUT2D eigenvalue weighted by molar-refractivity contribution is 7.80. The van der Waals surface area contributed by atoms with E-state index in [-0.39, 0.29) is 18.2 Å². The summed E-state index contributed by atoms with van der Waals surface area (Å²) < 4.78 is 10.6. The molecular weight excluding hydrogens is 242 g/mol. The fourth-order valence-corrected chi connectivity index (χ4v) is 2.06. The van der Waals surface area contributed by atoms with Gasteiger partial charge in [-0.1, -0.05) is 12.2 Å². The van der Waals surface area contributed by atoms with Gasteiger partial charge in [-0.25, -0.2) is 4.79 Å². The smallest absolute Gasteiger partial charge is 0.317 e. The average Bonchev–Trinajstić information content (AvgIpc) is 2.82. The molecule has 0 spiro atoms. The van der Waals surface area contributed by atoms with Crippen LogP contribution in [0.2, 0.25) is 0 Å². The predicted molar refractivity (Wildman–Crippen MR) is 65.9 cm³/mol. The minimum absolute atomic E-state index is 0.0925. The molecule has 0 bridgehead atoms. The van der Waals surface area contributed by atoms with Gasteiger partial charge in [0.25, 0.3) is 0 Å². The summed E-state index contributed by atoms with van der Waals surface area (Å²) in [4.78, 5) is 13.9. The normalized spacial score (nSPS) is 29.1. The standard InChI is InChI=1S/C10H17N3O3S/c11-9(17)8-5-13(2-4-16-8)10(14)12-7-1-3-15-6-7/h7-8H,1-6H2,(H2,11,17)(H,12,14). The van der Waals surface area contributed by atoms with Gasteiger partial charge in [-0.2, -0.15) is 0 Å². The van der Waals surface area contributed by atoms with Gasteiger partial charge in [0.15, 0.2) is 0 Å². The molecule has 2 atom stereocenters. The molecule has 17 heavy (non-hydrogen) atoms. The van der Waals surface area contributed by atoms with Crippen LogP contribution in [-0.2, 0) is 9.47 Å². The van der Waals surface area contributed by atoms with Crippen LogP contribution in [0, 0.1) is 0 Å². The van der Waals surface area contributed by atoms with E-state index in [2.05, 4.69) is 5.32 Å². The Kier molecular flexibility index (Phi) is 4.14. The van der Waals surface area contributed by atoms with Crippen molar-refractivity contribution >= 4 is 23.2 Å². The number of amides is 2. The molecule has 0 aromatic carbocycles. The zero-order valence-corrected chi connectivity index (χ0v) is 10.4. The molecule has 2 saturated heterocycles. The number of hydrogen-bond donors (Lipinski definition) is 2. The highest BCUT2D eigenvalue weighted by Crippen LogP contribution is 2.08. The Bertz CT molecular complexity index is 307. The van der Waals surface area contributed by atoms with Crippen LogP contribution in [0.3, 0.4) is 0 Å². The number of rotatable bonds is 2. The van der Waals surface area contributed by atoms with Crippen LogP contribution in [0.4, 0.5) is 4.79 Å². The second kappa shape index (κ2) is 5.61. The lowest BCUT2D eigenvalue weighted by molar-refractivity contribution is 0.0219. The highest BCUT2D eigenvalue weighted by atomic mass is 32.1. The van der Waals surface area contributed by atoms with Gasteiger partial charge in [-0.3, -0.25) is 0 Å². The third-order valence-electron chi connectivity index (χ3n) is 2.93. The van der Waals surface area contributed by atoms with Crippen molar-refractivity contribution in [3.8, 4) is 0 Å². The summed E-state index contributed by atoms with van der Waals surface area (Å²) >= 11 is 4.87. The molecule has 2 amide bonds. The van der Waals surface area contributed by atoms with Crippen molar-refractivity contribution in [3.05, 3.63) is 0 Å². The van der Waals surface area contributed by atoms with E-state index in [0.717, 1.165) is 6.42 Å². The van der Waals surface area contributed by atoms with E-state index >= 15 is 0 Å². The number of nitrogens with two attached hydrogens (primary N) is 1. The first-order valence-corrected chi connectivity index (χ1v) is 6.12. The first kappa shape index (κ1) is 12.5. The Morgan fingerprint density at radius 2 is 2.29 bits per heavy atom. The largest absolute Gasteiger partial charge is 0.391 e. The summed E-state index contributed by atoms with van der Waals surface area (Å²) in [5.41, 5.74) is 5.52. The lowest BCUT2D eigenvalue weighted by atomic mass is 10.2. The summed E-state index contributed by atoms with van der Waals surface area (Å²) in [6, 6.07) is 0.0265. The topological polar surface area (TPSA) is 76.8 Å². The van der Waals surface area contributed by atoms with Crippen molar-refractivity contribution in [3.63, 3.8) is 0 Å². The number of thiocarbonyl (C=S) groups is 1. The number of nitrogens with zero attached hydrogens (tertiary/aromatic N) is 1. The molecule has 6 nitrogen and oxygen atoms in total. The van der Waals surface area contributed by atoms with E-state index in [4.69, 9.17) is 27.4 Å². The van der Waals surface area contributed by atoms with Crippen LogP contribution in [0.15, 0.2) is 0 Å². The van der Waals surface area contributed by atoms with Crippen LogP contribution in [-0.4, -0.2) is 61.0 Å². The van der Waals surface area contributed by atoms with Crippen molar-refractivity contribution in [1.29, 1.82) is 0 Å². The van der Waals surface area contributed by atoms with Gasteiger partial charge in [-0.05, 0) is 6.42 Å². The SMILES string of the molecule is NC(=S)C1CN(C(=O)NC2CCOC2)CCO1. The maximum atomic E-state index is 11.9. The molecule has 2 fully saturated rings. The van der Waals surface area contributed by atoms with Gasteiger partial charge < -0.3 is 25.4 Å². The second-order valence-electron chi connectivity index (χ2n) is 4.22. The third-order valence-corrected chi connectivity index (χ3v) is 3.19. The Labute approximate surface area is 105 Å². The highest BCUT2D eigenvalue weighted by Gasteiger charge is 2.27. The summed E-state index contributed by atoms with van der Waals surface area (Å²) in [6.45, 7) is 2.77. The monoisotopic (exact) mass is 259 g/mol. The van der Waals surface area contributed by atoms with Crippen molar-refractivity contribution in [1.82, 2.24) is 10.2 Å². The average molecular weight is 259 g/mol. The van der Waals surface area contributed by atoms with Crippen LogP contribution in [0.1, 0.15) is 6.42 Å². The predicted octanol–water partition coefficient (Wildman–Crippen LogP) is -0.528. The van der Waals surface area contributed by atoms with E-state index in [1.165, 1.54) is 0 Å². The van der Waals surface area contributed by atoms with Gasteiger partial charge >= 0.3 is 6.03 Å². The van der Waals surface area contributed by atoms with Crippen molar-refractivity contribution in [2.75, 3.05) is 32.9 Å². The second-order valence-corrected chi connectivity index (χ2v) is 4.69. The van der Waals surface area contributed by atoms with Gasteiger partial charge in [0.2, 0.25) is 0 Å². The summed E-state index contributed by atoms with van der Waals surface area (Å²) in [5.74, 6) is 0. The molecule has 96 valence electrons. The number of carbonyl (C=O) groups is 1. The van der Waals surface area contributed by atoms with Gasteiger partial charge in [0.1, 0.15) is 11.1 Å². The zero-order chi connectivity index (χ0) is 12.3. The maximum Gasteiger partial charge on any atom is 0.317 e. The molecule has 2 heterocycles. The molecule has 2 unspecified atom stereocenters. The quantitative estimate of drug-likeness (QED) is 0.652. The number of hydrogen-bond acceptors (Lipinski definition) is 4.